The molecule has 2 fully saturated rings. The largest absolute Gasteiger partial charge is 0.497 e. The van der Waals surface area contributed by atoms with E-state index >= 15 is 0 Å². The summed E-state index contributed by atoms with van der Waals surface area (Å²) in [6.07, 6.45) is -1.30. The number of anilines is 1. The van der Waals surface area contributed by atoms with Crippen molar-refractivity contribution in [3.05, 3.63) is 95.3 Å². The van der Waals surface area contributed by atoms with Crippen LogP contribution in [0.15, 0.2) is 72.8 Å². The molecule has 1 aliphatic carbocycles. The van der Waals surface area contributed by atoms with E-state index in [4.69, 9.17) is 9.47 Å². The van der Waals surface area contributed by atoms with Crippen molar-refractivity contribution >= 4 is 29.1 Å². The number of benzene rings is 3. The highest BCUT2D eigenvalue weighted by Crippen LogP contribution is 2.58. The summed E-state index contributed by atoms with van der Waals surface area (Å²) in [6.45, 7) is 0. The van der Waals surface area contributed by atoms with Crippen molar-refractivity contribution in [2.75, 3.05) is 12.0 Å². The van der Waals surface area contributed by atoms with Crippen molar-refractivity contribution < 1.29 is 33.0 Å². The molecule has 174 valence electrons. The van der Waals surface area contributed by atoms with Gasteiger partial charge in [0.15, 0.2) is 0 Å². The Morgan fingerprint density at radius 1 is 0.829 bits per heavy atom. The van der Waals surface area contributed by atoms with Crippen molar-refractivity contribution in [3.8, 4) is 5.75 Å². The fraction of sp³-hybridized carbons (Fsp3) is 0.185. The van der Waals surface area contributed by atoms with E-state index < -0.39 is 52.7 Å². The summed E-state index contributed by atoms with van der Waals surface area (Å²) in [4.78, 5) is 55.8. The first-order valence-electron chi connectivity index (χ1n) is 11.0. The zero-order valence-electron chi connectivity index (χ0n) is 18.4. The fourth-order valence-electron chi connectivity index (χ4n) is 5.49. The average Bonchev–Trinajstić information content (AvgIpc) is 3.44. The lowest BCUT2D eigenvalue weighted by Crippen LogP contribution is -2.51. The minimum absolute atomic E-state index is 0.00802. The first-order chi connectivity index (χ1) is 16.9. The Bertz CT molecular complexity index is 1400. The fourth-order valence-corrected chi connectivity index (χ4v) is 5.49. The number of rotatable bonds is 3. The number of ketones is 2. The van der Waals surface area contributed by atoms with E-state index in [1.807, 2.05) is 0 Å². The summed E-state index contributed by atoms with van der Waals surface area (Å²) in [5.41, 5.74) is -1.74. The number of carbonyl (C=O) groups excluding carboxylic acids is 4. The van der Waals surface area contributed by atoms with Crippen molar-refractivity contribution in [1.29, 1.82) is 0 Å². The van der Waals surface area contributed by atoms with Crippen LogP contribution in [-0.4, -0.2) is 36.1 Å². The smallest absolute Gasteiger partial charge is 0.241 e. The van der Waals surface area contributed by atoms with E-state index in [1.54, 1.807) is 30.3 Å². The molecule has 7 nitrogen and oxygen atoms in total. The highest BCUT2D eigenvalue weighted by Gasteiger charge is 2.75. The van der Waals surface area contributed by atoms with Crippen molar-refractivity contribution in [2.24, 2.45) is 11.8 Å². The highest BCUT2D eigenvalue weighted by atomic mass is 19.1. The van der Waals surface area contributed by atoms with Gasteiger partial charge in [-0.2, -0.15) is 0 Å². The summed E-state index contributed by atoms with van der Waals surface area (Å²) in [5.74, 6) is -5.61. The second kappa shape index (κ2) is 7.41. The molecule has 0 radical (unpaired) electrons. The number of ether oxygens (including phenoxy) is 2. The Hall–Kier alpha value is -4.17. The number of methoxy groups -OCH3 is 1. The van der Waals surface area contributed by atoms with Gasteiger partial charge in [-0.15, -0.1) is 0 Å². The predicted molar refractivity (Wildman–Crippen MR) is 121 cm³/mol. The van der Waals surface area contributed by atoms with Gasteiger partial charge in [0.1, 0.15) is 11.6 Å². The van der Waals surface area contributed by atoms with Crippen LogP contribution in [0.25, 0.3) is 0 Å². The normalized spacial score (nSPS) is 24.3. The van der Waals surface area contributed by atoms with Crippen LogP contribution >= 0.6 is 0 Å². The third kappa shape index (κ3) is 2.68. The van der Waals surface area contributed by atoms with Crippen LogP contribution in [0.4, 0.5) is 10.1 Å². The molecule has 3 aliphatic rings. The van der Waals surface area contributed by atoms with Gasteiger partial charge in [-0.05, 0) is 30.3 Å². The number of Topliss-reactive ketones (excluding diaryl/α,β-unsaturated/α-hetero) is 2. The Kier molecular flexibility index (Phi) is 4.53. The SMILES string of the molecule is COc1ccc(N2C(=O)[C@@H]3[C@H](c4ccccc4F)OC4(C(=O)c5ccccc5C4=O)[C@H]3C2=O)cc1. The number of hydrogen-bond donors (Lipinski definition) is 0. The molecule has 3 aromatic carbocycles. The summed E-state index contributed by atoms with van der Waals surface area (Å²) < 4.78 is 26.1. The van der Waals surface area contributed by atoms with Crippen LogP contribution in [-0.2, 0) is 14.3 Å². The van der Waals surface area contributed by atoms with E-state index in [-0.39, 0.29) is 22.4 Å². The predicted octanol–water partition coefficient (Wildman–Crippen LogP) is 3.53. The summed E-state index contributed by atoms with van der Waals surface area (Å²) in [6, 6.07) is 18.1. The molecule has 2 saturated heterocycles. The second-order valence-electron chi connectivity index (χ2n) is 8.71. The minimum atomic E-state index is -2.24. The zero-order valence-corrected chi connectivity index (χ0v) is 18.4. The first-order valence-corrected chi connectivity index (χ1v) is 11.0. The topological polar surface area (TPSA) is 90.0 Å². The average molecular weight is 471 g/mol. The van der Waals surface area contributed by atoms with Crippen LogP contribution in [0.3, 0.4) is 0 Å². The van der Waals surface area contributed by atoms with Gasteiger partial charge < -0.3 is 9.47 Å². The standard InChI is InChI=1S/C27H18FNO6/c1-34-15-12-10-14(11-13-15)29-25(32)20-21(26(29)33)27(35-22(20)18-8-4-5-9-19(18)28)23(30)16-6-2-3-7-17(16)24(27)31/h2-13,20-22H,1H3/t20-,21+,22-/m0/s1. The Balaban J connectivity index is 1.54. The molecule has 2 heterocycles. The monoisotopic (exact) mass is 471 g/mol. The van der Waals surface area contributed by atoms with Crippen LogP contribution < -0.4 is 9.64 Å². The molecular formula is C27H18FNO6. The lowest BCUT2D eigenvalue weighted by molar-refractivity contribution is -0.127. The molecule has 8 heteroatoms. The van der Waals surface area contributed by atoms with Gasteiger partial charge in [-0.3, -0.25) is 19.2 Å². The van der Waals surface area contributed by atoms with Crippen molar-refractivity contribution in [2.45, 2.75) is 11.7 Å². The highest BCUT2D eigenvalue weighted by molar-refractivity contribution is 6.37. The Morgan fingerprint density at radius 3 is 2.03 bits per heavy atom. The summed E-state index contributed by atoms with van der Waals surface area (Å²) >= 11 is 0. The van der Waals surface area contributed by atoms with Crippen molar-refractivity contribution in [3.63, 3.8) is 0 Å². The van der Waals surface area contributed by atoms with Gasteiger partial charge in [0.2, 0.25) is 29.0 Å². The molecule has 1 spiro atoms. The minimum Gasteiger partial charge on any atom is -0.497 e. The van der Waals surface area contributed by atoms with E-state index in [0.717, 1.165) is 4.90 Å². The maximum atomic E-state index is 14.9. The third-order valence-electron chi connectivity index (χ3n) is 7.06. The molecule has 35 heavy (non-hydrogen) atoms. The van der Waals surface area contributed by atoms with Gasteiger partial charge in [-0.1, -0.05) is 42.5 Å². The van der Waals surface area contributed by atoms with Crippen molar-refractivity contribution in [1.82, 2.24) is 0 Å². The molecule has 6 rings (SSSR count). The summed E-state index contributed by atoms with van der Waals surface area (Å²) in [7, 11) is 1.49. The number of halogens is 1. The van der Waals surface area contributed by atoms with Gasteiger partial charge in [0.05, 0.1) is 30.7 Å². The van der Waals surface area contributed by atoms with Gasteiger partial charge in [0, 0.05) is 16.7 Å². The molecule has 0 unspecified atom stereocenters. The molecule has 2 amide bonds. The molecule has 0 aromatic heterocycles. The van der Waals surface area contributed by atoms with Crippen LogP contribution in [0.2, 0.25) is 0 Å². The summed E-state index contributed by atoms with van der Waals surface area (Å²) in [5, 5.41) is 0. The lowest BCUT2D eigenvalue weighted by atomic mass is 9.77. The third-order valence-corrected chi connectivity index (χ3v) is 7.06. The Labute approximate surface area is 199 Å². The molecule has 3 aromatic rings. The maximum absolute atomic E-state index is 14.9. The quantitative estimate of drug-likeness (QED) is 0.429. The molecule has 2 aliphatic heterocycles. The molecule has 0 N–H and O–H groups in total. The molecular weight excluding hydrogens is 453 g/mol. The number of fused-ring (bicyclic) bond motifs is 3. The second-order valence-corrected chi connectivity index (χ2v) is 8.71. The van der Waals surface area contributed by atoms with Gasteiger partial charge in [-0.25, -0.2) is 9.29 Å². The van der Waals surface area contributed by atoms with E-state index in [2.05, 4.69) is 0 Å². The first kappa shape index (κ1) is 21.4. The number of hydrogen-bond acceptors (Lipinski definition) is 6. The molecule has 0 saturated carbocycles. The van der Waals surface area contributed by atoms with Crippen LogP contribution in [0.5, 0.6) is 5.75 Å². The van der Waals surface area contributed by atoms with Crippen LogP contribution in [0.1, 0.15) is 32.4 Å². The number of nitrogens with zero attached hydrogens (tertiary/aromatic N) is 1. The number of carbonyl (C=O) groups is 4. The van der Waals surface area contributed by atoms with Gasteiger partial charge in [0.25, 0.3) is 0 Å². The van der Waals surface area contributed by atoms with Gasteiger partial charge >= 0.3 is 0 Å². The molecule has 0 bridgehead atoms. The van der Waals surface area contributed by atoms with E-state index in [1.165, 1.54) is 49.6 Å². The molecule has 3 atom stereocenters. The Morgan fingerprint density at radius 2 is 1.43 bits per heavy atom. The zero-order chi connectivity index (χ0) is 24.5. The maximum Gasteiger partial charge on any atom is 0.241 e. The van der Waals surface area contributed by atoms with E-state index in [0.29, 0.717) is 5.75 Å². The van der Waals surface area contributed by atoms with Crippen LogP contribution in [0, 0.1) is 17.7 Å². The lowest BCUT2D eigenvalue weighted by Gasteiger charge is -2.27. The number of amides is 2. The van der Waals surface area contributed by atoms with E-state index in [9.17, 15) is 23.6 Å². The number of imide groups is 1.